The van der Waals surface area contributed by atoms with Crippen LogP contribution in [-0.4, -0.2) is 6.61 Å². The molecule has 0 saturated heterocycles. The summed E-state index contributed by atoms with van der Waals surface area (Å²) in [6, 6.07) is 0. The van der Waals surface area contributed by atoms with Gasteiger partial charge in [-0.15, -0.1) is 0 Å². The highest BCUT2D eigenvalue weighted by Crippen LogP contribution is 2.02. The van der Waals surface area contributed by atoms with E-state index in [1.165, 1.54) is 25.7 Å². The molecule has 0 fully saturated rings. The van der Waals surface area contributed by atoms with Gasteiger partial charge in [0.05, 0.1) is 6.26 Å². The van der Waals surface area contributed by atoms with Crippen molar-refractivity contribution in [2.75, 3.05) is 6.61 Å². The van der Waals surface area contributed by atoms with E-state index in [1.807, 2.05) is 0 Å². The van der Waals surface area contributed by atoms with Crippen LogP contribution in [0.1, 0.15) is 39.0 Å². The maximum Gasteiger partial charge on any atom is 0.105 e. The zero-order chi connectivity index (χ0) is 9.07. The lowest BCUT2D eigenvalue weighted by atomic mass is 10.1. The van der Waals surface area contributed by atoms with Crippen LogP contribution < -0.4 is 0 Å². The number of unbranched alkanes of at least 4 members (excludes halogenated alkanes) is 4. The van der Waals surface area contributed by atoms with Crippen LogP contribution in [0.5, 0.6) is 0 Å². The van der Waals surface area contributed by atoms with Gasteiger partial charge in [0.25, 0.3) is 0 Å². The molecule has 0 unspecified atom stereocenters. The Bertz CT molecular complexity index is 116. The van der Waals surface area contributed by atoms with Gasteiger partial charge in [0, 0.05) is 0 Å². The Balaban J connectivity index is 2.97. The fourth-order valence-electron chi connectivity index (χ4n) is 0.949. The third-order valence-electron chi connectivity index (χ3n) is 1.63. The Labute approximate surface area is 76.1 Å². The van der Waals surface area contributed by atoms with Crippen molar-refractivity contribution >= 4 is 0 Å². The number of hydrogen-bond acceptors (Lipinski definition) is 1. The van der Waals surface area contributed by atoms with E-state index in [4.69, 9.17) is 4.74 Å². The molecule has 1 nitrogen and oxygen atoms in total. The Morgan fingerprint density at radius 3 is 2.75 bits per heavy atom. The Morgan fingerprint density at radius 2 is 2.08 bits per heavy atom. The summed E-state index contributed by atoms with van der Waals surface area (Å²) in [6.07, 6.45) is 12.0. The fourth-order valence-corrected chi connectivity index (χ4v) is 0.949. The van der Waals surface area contributed by atoms with Crippen LogP contribution in [0.25, 0.3) is 0 Å². The molecule has 0 heterocycles. The van der Waals surface area contributed by atoms with Crippen LogP contribution in [0.4, 0.5) is 0 Å². The third kappa shape index (κ3) is 9.28. The first kappa shape index (κ1) is 11.3. The number of hydrogen-bond donors (Lipinski definition) is 0. The van der Waals surface area contributed by atoms with Crippen molar-refractivity contribution in [1.82, 2.24) is 0 Å². The molecule has 0 N–H and O–H groups in total. The van der Waals surface area contributed by atoms with Crippen molar-refractivity contribution in [3.05, 3.63) is 25.0 Å². The molecule has 0 bridgehead atoms. The average molecular weight is 168 g/mol. The van der Waals surface area contributed by atoms with Crippen LogP contribution in [0, 0.1) is 0 Å². The lowest BCUT2D eigenvalue weighted by Crippen LogP contribution is -1.79. The third-order valence-corrected chi connectivity index (χ3v) is 1.63. The molecule has 0 saturated carbocycles. The smallest absolute Gasteiger partial charge is 0.105 e. The standard InChI is InChI=1S/C11H20O/c1-3-5-6-7-8-9-11-12-10-4-2/h4,9,11H,2-3,5-8,10H2,1H3/b11-9+. The summed E-state index contributed by atoms with van der Waals surface area (Å²) in [5, 5.41) is 0. The van der Waals surface area contributed by atoms with E-state index >= 15 is 0 Å². The molecule has 12 heavy (non-hydrogen) atoms. The summed E-state index contributed by atoms with van der Waals surface area (Å²) >= 11 is 0. The van der Waals surface area contributed by atoms with Gasteiger partial charge in [0.15, 0.2) is 0 Å². The molecule has 0 rings (SSSR count). The molecule has 0 aliphatic carbocycles. The molecular formula is C11H20O. The minimum absolute atomic E-state index is 0.617. The molecule has 0 aromatic carbocycles. The number of allylic oxidation sites excluding steroid dienone is 1. The van der Waals surface area contributed by atoms with Gasteiger partial charge in [-0.2, -0.15) is 0 Å². The average Bonchev–Trinajstić information content (AvgIpc) is 2.10. The second-order valence-corrected chi connectivity index (χ2v) is 2.84. The highest BCUT2D eigenvalue weighted by molar-refractivity contribution is 4.75. The molecular weight excluding hydrogens is 148 g/mol. The highest BCUT2D eigenvalue weighted by atomic mass is 16.5. The van der Waals surface area contributed by atoms with Crippen LogP contribution in [0.3, 0.4) is 0 Å². The van der Waals surface area contributed by atoms with Gasteiger partial charge in [0.1, 0.15) is 6.61 Å². The molecule has 1 heteroatoms. The first-order valence-electron chi connectivity index (χ1n) is 4.79. The van der Waals surface area contributed by atoms with E-state index in [-0.39, 0.29) is 0 Å². The zero-order valence-electron chi connectivity index (χ0n) is 8.09. The molecule has 0 amide bonds. The van der Waals surface area contributed by atoms with Gasteiger partial charge in [-0.1, -0.05) is 38.8 Å². The molecule has 0 aliphatic rings. The summed E-state index contributed by atoms with van der Waals surface area (Å²) in [4.78, 5) is 0. The summed E-state index contributed by atoms with van der Waals surface area (Å²) in [5.41, 5.74) is 0. The van der Waals surface area contributed by atoms with Crippen molar-refractivity contribution in [3.63, 3.8) is 0 Å². The summed E-state index contributed by atoms with van der Waals surface area (Å²) in [5.74, 6) is 0. The normalized spacial score (nSPS) is 10.4. The van der Waals surface area contributed by atoms with Gasteiger partial charge in [-0.05, 0) is 18.9 Å². The minimum Gasteiger partial charge on any atom is -0.497 e. The van der Waals surface area contributed by atoms with Crippen molar-refractivity contribution in [1.29, 1.82) is 0 Å². The molecule has 0 aromatic heterocycles. The fraction of sp³-hybridized carbons (Fsp3) is 0.636. The molecule has 0 radical (unpaired) electrons. The van der Waals surface area contributed by atoms with Crippen LogP contribution in [0.2, 0.25) is 0 Å². The monoisotopic (exact) mass is 168 g/mol. The van der Waals surface area contributed by atoms with Crippen LogP contribution in [-0.2, 0) is 4.74 Å². The van der Waals surface area contributed by atoms with E-state index in [0.717, 1.165) is 6.42 Å². The molecule has 0 aromatic rings. The molecule has 0 aliphatic heterocycles. The van der Waals surface area contributed by atoms with Crippen molar-refractivity contribution < 1.29 is 4.74 Å². The molecule has 0 atom stereocenters. The minimum atomic E-state index is 0.617. The predicted octanol–water partition coefficient (Wildman–Crippen LogP) is 3.67. The number of ether oxygens (including phenoxy) is 1. The SMILES string of the molecule is C=CCO/C=C/CCCCCC. The highest BCUT2D eigenvalue weighted by Gasteiger charge is 1.83. The lowest BCUT2D eigenvalue weighted by molar-refractivity contribution is 0.288. The van der Waals surface area contributed by atoms with Gasteiger partial charge in [0.2, 0.25) is 0 Å². The molecule has 70 valence electrons. The summed E-state index contributed by atoms with van der Waals surface area (Å²) in [7, 11) is 0. The van der Waals surface area contributed by atoms with Crippen molar-refractivity contribution in [2.45, 2.75) is 39.0 Å². The largest absolute Gasteiger partial charge is 0.497 e. The topological polar surface area (TPSA) is 9.23 Å². The molecule has 0 spiro atoms. The predicted molar refractivity (Wildman–Crippen MR) is 54.0 cm³/mol. The Morgan fingerprint density at radius 1 is 1.25 bits per heavy atom. The number of rotatable bonds is 8. The van der Waals surface area contributed by atoms with E-state index in [9.17, 15) is 0 Å². The van der Waals surface area contributed by atoms with Crippen molar-refractivity contribution in [3.8, 4) is 0 Å². The van der Waals surface area contributed by atoms with Crippen LogP contribution >= 0.6 is 0 Å². The maximum absolute atomic E-state index is 5.09. The van der Waals surface area contributed by atoms with E-state index in [2.05, 4.69) is 19.6 Å². The quantitative estimate of drug-likeness (QED) is 0.305. The Hall–Kier alpha value is -0.720. The van der Waals surface area contributed by atoms with Gasteiger partial charge in [-0.25, -0.2) is 0 Å². The first-order valence-corrected chi connectivity index (χ1v) is 4.79. The Kier molecular flexibility index (Phi) is 9.66. The van der Waals surface area contributed by atoms with Gasteiger partial charge < -0.3 is 4.74 Å². The first-order chi connectivity index (χ1) is 5.91. The van der Waals surface area contributed by atoms with Crippen molar-refractivity contribution in [2.24, 2.45) is 0 Å². The van der Waals surface area contributed by atoms with E-state index in [1.54, 1.807) is 12.3 Å². The summed E-state index contributed by atoms with van der Waals surface area (Å²) in [6.45, 7) is 6.40. The van der Waals surface area contributed by atoms with Gasteiger partial charge >= 0.3 is 0 Å². The van der Waals surface area contributed by atoms with Crippen LogP contribution in [0.15, 0.2) is 25.0 Å². The second-order valence-electron chi connectivity index (χ2n) is 2.84. The lowest BCUT2D eigenvalue weighted by Gasteiger charge is -1.95. The van der Waals surface area contributed by atoms with Gasteiger partial charge in [-0.3, -0.25) is 0 Å². The second kappa shape index (κ2) is 10.3. The zero-order valence-corrected chi connectivity index (χ0v) is 8.09. The van der Waals surface area contributed by atoms with E-state index < -0.39 is 0 Å². The summed E-state index contributed by atoms with van der Waals surface area (Å²) < 4.78 is 5.09. The maximum atomic E-state index is 5.09. The van der Waals surface area contributed by atoms with E-state index in [0.29, 0.717) is 6.61 Å².